The van der Waals surface area contributed by atoms with Crippen LogP contribution >= 0.6 is 0 Å². The highest BCUT2D eigenvalue weighted by molar-refractivity contribution is 5.78. The number of carbonyl (C=O) groups excluding carboxylic acids is 1. The highest BCUT2D eigenvalue weighted by Gasteiger charge is 2.27. The molecule has 1 aromatic carbocycles. The summed E-state index contributed by atoms with van der Waals surface area (Å²) in [5, 5.41) is 1.82. The second-order valence-corrected chi connectivity index (χ2v) is 3.65. The predicted octanol–water partition coefficient (Wildman–Crippen LogP) is 2.31. The van der Waals surface area contributed by atoms with Gasteiger partial charge < -0.3 is 10.1 Å². The number of benzene rings is 1. The van der Waals surface area contributed by atoms with Crippen molar-refractivity contribution < 1.29 is 22.7 Å². The lowest BCUT2D eigenvalue weighted by molar-refractivity contribution is -0.138. The molecule has 6 heteroatoms. The van der Waals surface area contributed by atoms with Crippen molar-refractivity contribution in [3.05, 3.63) is 29.8 Å². The van der Waals surface area contributed by atoms with E-state index in [2.05, 4.69) is 0 Å². The maximum atomic E-state index is 11.9. The first-order valence-corrected chi connectivity index (χ1v) is 5.46. The molecule has 0 fully saturated rings. The molecule has 1 aromatic rings. The van der Waals surface area contributed by atoms with Crippen LogP contribution < -0.4 is 10.1 Å². The number of rotatable bonds is 5. The minimum atomic E-state index is -4.38. The summed E-state index contributed by atoms with van der Waals surface area (Å²) in [5.74, 6) is 0.00781. The lowest BCUT2D eigenvalue weighted by atomic mass is 10.1. The van der Waals surface area contributed by atoms with E-state index < -0.39 is 18.6 Å². The molecule has 0 aromatic heterocycles. The van der Waals surface area contributed by atoms with E-state index in [-0.39, 0.29) is 6.42 Å². The number of hydrogen-bond donors (Lipinski definition) is 1. The minimum absolute atomic E-state index is 0.0809. The Hall–Kier alpha value is -1.72. The van der Waals surface area contributed by atoms with Gasteiger partial charge in [0.25, 0.3) is 0 Å². The van der Waals surface area contributed by atoms with Crippen molar-refractivity contribution in [2.45, 2.75) is 19.5 Å². The predicted molar refractivity (Wildman–Crippen MR) is 60.4 cm³/mol. The van der Waals surface area contributed by atoms with E-state index in [0.717, 1.165) is 0 Å². The zero-order chi connectivity index (χ0) is 13.6. The third-order valence-corrected chi connectivity index (χ3v) is 2.09. The second-order valence-electron chi connectivity index (χ2n) is 3.65. The van der Waals surface area contributed by atoms with Crippen molar-refractivity contribution in [1.29, 1.82) is 0 Å². The fourth-order valence-electron chi connectivity index (χ4n) is 1.32. The first-order valence-electron chi connectivity index (χ1n) is 5.46. The van der Waals surface area contributed by atoms with E-state index in [9.17, 15) is 18.0 Å². The molecule has 3 nitrogen and oxygen atoms in total. The molecule has 0 radical (unpaired) electrons. The normalized spacial score (nSPS) is 11.1. The van der Waals surface area contributed by atoms with E-state index in [1.807, 2.05) is 12.2 Å². The fraction of sp³-hybridized carbons (Fsp3) is 0.417. The molecule has 0 saturated heterocycles. The maximum absolute atomic E-state index is 11.9. The molecule has 0 heterocycles. The van der Waals surface area contributed by atoms with Crippen LogP contribution in [0.1, 0.15) is 12.5 Å². The Morgan fingerprint density at radius 1 is 1.28 bits per heavy atom. The summed E-state index contributed by atoms with van der Waals surface area (Å²) in [7, 11) is 0. The van der Waals surface area contributed by atoms with Crippen LogP contribution in [0, 0.1) is 0 Å². The number of hydrogen-bond acceptors (Lipinski definition) is 2. The van der Waals surface area contributed by atoms with Crippen LogP contribution in [0.5, 0.6) is 5.75 Å². The zero-order valence-electron chi connectivity index (χ0n) is 9.88. The molecule has 100 valence electrons. The van der Waals surface area contributed by atoms with E-state index in [4.69, 9.17) is 4.74 Å². The Morgan fingerprint density at radius 2 is 1.89 bits per heavy atom. The van der Waals surface area contributed by atoms with Gasteiger partial charge in [-0.1, -0.05) is 12.1 Å². The molecule has 18 heavy (non-hydrogen) atoms. The van der Waals surface area contributed by atoms with Crippen LogP contribution in [0.2, 0.25) is 0 Å². The monoisotopic (exact) mass is 261 g/mol. The van der Waals surface area contributed by atoms with E-state index in [1.165, 1.54) is 0 Å². The molecule has 0 spiro atoms. The Morgan fingerprint density at radius 3 is 2.39 bits per heavy atom. The molecule has 1 N–H and O–H groups in total. The Balaban J connectivity index is 2.44. The summed E-state index contributed by atoms with van der Waals surface area (Å²) in [6.45, 7) is 1.08. The number of carbonyl (C=O) groups is 1. The lowest BCUT2D eigenvalue weighted by Gasteiger charge is -2.08. The topological polar surface area (TPSA) is 38.3 Å². The molecule has 0 saturated carbocycles. The first-order chi connectivity index (χ1) is 8.40. The second kappa shape index (κ2) is 6.28. The van der Waals surface area contributed by atoms with Crippen molar-refractivity contribution in [2.24, 2.45) is 0 Å². The highest BCUT2D eigenvalue weighted by Crippen LogP contribution is 2.14. The van der Waals surface area contributed by atoms with Crippen molar-refractivity contribution >= 4 is 5.91 Å². The van der Waals surface area contributed by atoms with Crippen molar-refractivity contribution in [3.8, 4) is 5.75 Å². The summed E-state index contributed by atoms with van der Waals surface area (Å²) in [4.78, 5) is 11.2. The maximum Gasteiger partial charge on any atom is 0.405 e. The summed E-state index contributed by atoms with van der Waals surface area (Å²) in [6.07, 6.45) is -4.46. The minimum Gasteiger partial charge on any atom is -0.494 e. The van der Waals surface area contributed by atoms with Gasteiger partial charge >= 0.3 is 6.18 Å². The average Bonchev–Trinajstić information content (AvgIpc) is 2.29. The Kier molecular flexibility index (Phi) is 5.00. The van der Waals surface area contributed by atoms with Crippen LogP contribution in [0.15, 0.2) is 24.3 Å². The van der Waals surface area contributed by atoms with Crippen LogP contribution in [0.3, 0.4) is 0 Å². The Labute approximate surface area is 103 Å². The average molecular weight is 261 g/mol. The summed E-state index contributed by atoms with van der Waals surface area (Å²) >= 11 is 0. The van der Waals surface area contributed by atoms with Gasteiger partial charge in [0.1, 0.15) is 12.3 Å². The largest absolute Gasteiger partial charge is 0.494 e. The lowest BCUT2D eigenvalue weighted by Crippen LogP contribution is -2.34. The molecule has 0 aliphatic rings. The van der Waals surface area contributed by atoms with Crippen LogP contribution in [0.25, 0.3) is 0 Å². The van der Waals surface area contributed by atoms with Crippen molar-refractivity contribution in [2.75, 3.05) is 13.2 Å². The fourth-order valence-corrected chi connectivity index (χ4v) is 1.32. The number of amides is 1. The van der Waals surface area contributed by atoms with Gasteiger partial charge in [-0.3, -0.25) is 4.79 Å². The third-order valence-electron chi connectivity index (χ3n) is 2.09. The van der Waals surface area contributed by atoms with E-state index in [1.54, 1.807) is 24.3 Å². The van der Waals surface area contributed by atoms with Gasteiger partial charge in [0.05, 0.1) is 13.0 Å². The third kappa shape index (κ3) is 5.56. The molecule has 0 unspecified atom stereocenters. The van der Waals surface area contributed by atoms with Gasteiger partial charge in [-0.25, -0.2) is 0 Å². The van der Waals surface area contributed by atoms with Gasteiger partial charge in [-0.2, -0.15) is 13.2 Å². The number of alkyl halides is 3. The summed E-state index contributed by atoms with van der Waals surface area (Å²) < 4.78 is 40.8. The van der Waals surface area contributed by atoms with Gasteiger partial charge in [0.2, 0.25) is 5.91 Å². The quantitative estimate of drug-likeness (QED) is 0.883. The van der Waals surface area contributed by atoms with Gasteiger partial charge in [0, 0.05) is 0 Å². The number of nitrogens with one attached hydrogen (secondary N) is 1. The molecular formula is C12H14F3NO2. The van der Waals surface area contributed by atoms with Gasteiger partial charge in [-0.05, 0) is 24.6 Å². The number of halogens is 3. The molecule has 0 atom stereocenters. The molecule has 0 aliphatic carbocycles. The molecule has 0 aliphatic heterocycles. The van der Waals surface area contributed by atoms with Crippen LogP contribution in [0.4, 0.5) is 13.2 Å². The zero-order valence-corrected chi connectivity index (χ0v) is 9.88. The SMILES string of the molecule is CCOc1ccc(CC(=O)NCC(F)(F)F)cc1. The van der Waals surface area contributed by atoms with Gasteiger partial charge in [0.15, 0.2) is 0 Å². The van der Waals surface area contributed by atoms with Gasteiger partial charge in [-0.15, -0.1) is 0 Å². The summed E-state index contributed by atoms with van der Waals surface area (Å²) in [5.41, 5.74) is 0.637. The summed E-state index contributed by atoms with van der Waals surface area (Å²) in [6, 6.07) is 6.65. The van der Waals surface area contributed by atoms with E-state index in [0.29, 0.717) is 17.9 Å². The molecule has 1 amide bonds. The molecule has 0 bridgehead atoms. The van der Waals surface area contributed by atoms with Crippen molar-refractivity contribution in [3.63, 3.8) is 0 Å². The number of ether oxygens (including phenoxy) is 1. The Bertz CT molecular complexity index is 387. The highest BCUT2D eigenvalue weighted by atomic mass is 19.4. The first kappa shape index (κ1) is 14.3. The molecular weight excluding hydrogens is 247 g/mol. The molecule has 1 rings (SSSR count). The van der Waals surface area contributed by atoms with Crippen LogP contribution in [-0.4, -0.2) is 25.2 Å². The van der Waals surface area contributed by atoms with E-state index >= 15 is 0 Å². The van der Waals surface area contributed by atoms with Crippen molar-refractivity contribution in [1.82, 2.24) is 5.32 Å². The smallest absolute Gasteiger partial charge is 0.405 e. The van der Waals surface area contributed by atoms with Crippen LogP contribution in [-0.2, 0) is 11.2 Å². The standard InChI is InChI=1S/C12H14F3NO2/c1-2-18-10-5-3-9(4-6-10)7-11(17)16-8-12(13,14)15/h3-6H,2,7-8H2,1H3,(H,16,17).